The van der Waals surface area contributed by atoms with Crippen molar-refractivity contribution in [1.29, 1.82) is 5.26 Å². The minimum absolute atomic E-state index is 0.00145. The van der Waals surface area contributed by atoms with Gasteiger partial charge in [0, 0.05) is 17.7 Å². The number of halogens is 3. The molecule has 11 nitrogen and oxygen atoms in total. The normalized spacial score (nSPS) is 20.9. The summed E-state index contributed by atoms with van der Waals surface area (Å²) in [6.45, 7) is 3.50. The van der Waals surface area contributed by atoms with Crippen LogP contribution in [0.2, 0.25) is 5.02 Å². The topological polar surface area (TPSA) is 134 Å². The van der Waals surface area contributed by atoms with Crippen LogP contribution in [0.5, 0.6) is 11.9 Å². The highest BCUT2D eigenvalue weighted by Gasteiger charge is 2.45. The van der Waals surface area contributed by atoms with Crippen molar-refractivity contribution in [3.8, 4) is 29.1 Å². The highest BCUT2D eigenvalue weighted by Crippen LogP contribution is 2.43. The number of nitrogen functional groups attached to an aromatic ring is 1. The second-order valence-corrected chi connectivity index (χ2v) is 13.8. The van der Waals surface area contributed by atoms with E-state index in [2.05, 4.69) is 25.9 Å². The fraction of sp³-hybridized carbons (Fsp3) is 0.452. The molecule has 1 atom stereocenters. The lowest BCUT2D eigenvalue weighted by molar-refractivity contribution is 0.0160. The van der Waals surface area contributed by atoms with Gasteiger partial charge in [-0.05, 0) is 63.4 Å². The molecule has 15 heteroatoms. The monoisotopic (exact) mass is 666 g/mol. The lowest BCUT2D eigenvalue weighted by atomic mass is 9.95. The summed E-state index contributed by atoms with van der Waals surface area (Å²) in [5.74, 6) is -1.19. The van der Waals surface area contributed by atoms with E-state index in [9.17, 15) is 14.4 Å². The summed E-state index contributed by atoms with van der Waals surface area (Å²) >= 11 is 7.69. The number of fused-ring (bicyclic) bond motifs is 3. The van der Waals surface area contributed by atoms with E-state index in [1.165, 1.54) is 23.1 Å². The molecule has 0 saturated carbocycles. The van der Waals surface area contributed by atoms with Crippen molar-refractivity contribution in [2.45, 2.75) is 49.8 Å². The lowest BCUT2D eigenvalue weighted by Crippen LogP contribution is -2.63. The van der Waals surface area contributed by atoms with Gasteiger partial charge in [0.05, 0.1) is 45.3 Å². The standard InChI is InChI=1S/C31H29ClF2N8O3S/c32-20-11-19-24(23(34)22(20)18-3-4-21(33)26-25(18)37-28(36)46-26)38-29(44-15-31-6-1-8-41(31)9-2-7-31)39-27(19)45-17-13-40(14-17)30(43)42-10-5-16(42)12-35/h3-4,11,16-17H,1-2,5-10,13-15H2,(H2,36,37)/t16-/m0/s1. The number of carbonyl (C=O) groups excluding carboxylic acids is 1. The second-order valence-electron chi connectivity index (χ2n) is 12.3. The molecule has 0 spiro atoms. The van der Waals surface area contributed by atoms with E-state index in [1.807, 2.05) is 0 Å². The Morgan fingerprint density at radius 3 is 2.65 bits per heavy atom. The Labute approximate surface area is 271 Å². The first-order chi connectivity index (χ1) is 22.2. The van der Waals surface area contributed by atoms with E-state index in [-0.39, 0.29) is 79.0 Å². The highest BCUT2D eigenvalue weighted by atomic mass is 35.5. The highest BCUT2D eigenvalue weighted by molar-refractivity contribution is 7.22. The third-order valence-electron chi connectivity index (χ3n) is 9.70. The second kappa shape index (κ2) is 11.0. The number of nitriles is 1. The number of urea groups is 1. The summed E-state index contributed by atoms with van der Waals surface area (Å²) in [6, 6.07) is 5.66. The molecule has 4 aromatic rings. The Bertz CT molecular complexity index is 1940. The van der Waals surface area contributed by atoms with Crippen LogP contribution in [0.4, 0.5) is 18.7 Å². The summed E-state index contributed by atoms with van der Waals surface area (Å²) in [5, 5.41) is 9.64. The molecule has 0 radical (unpaired) electrons. The molecule has 2 N–H and O–H groups in total. The molecule has 4 saturated heterocycles. The van der Waals surface area contributed by atoms with E-state index in [0.717, 1.165) is 50.1 Å². The lowest BCUT2D eigenvalue weighted by Gasteiger charge is -2.45. The van der Waals surface area contributed by atoms with Gasteiger partial charge in [0.25, 0.3) is 0 Å². The number of nitrogens with two attached hydrogens (primary N) is 1. The summed E-state index contributed by atoms with van der Waals surface area (Å²) in [4.78, 5) is 31.7. The van der Waals surface area contributed by atoms with Gasteiger partial charge in [0.2, 0.25) is 5.88 Å². The van der Waals surface area contributed by atoms with Gasteiger partial charge in [-0.3, -0.25) is 4.90 Å². The number of hydrogen-bond donors (Lipinski definition) is 1. The Balaban J connectivity index is 1.15. The van der Waals surface area contributed by atoms with Crippen molar-refractivity contribution in [2.24, 2.45) is 0 Å². The molecule has 2 amide bonds. The molecule has 238 valence electrons. The maximum atomic E-state index is 16.6. The van der Waals surface area contributed by atoms with Gasteiger partial charge in [0.1, 0.15) is 30.1 Å². The van der Waals surface area contributed by atoms with Gasteiger partial charge in [-0.1, -0.05) is 22.9 Å². The van der Waals surface area contributed by atoms with Gasteiger partial charge in [-0.2, -0.15) is 15.2 Å². The third-order valence-corrected chi connectivity index (χ3v) is 10.9. The molecule has 2 aromatic heterocycles. The molecule has 2 aromatic carbocycles. The van der Waals surface area contributed by atoms with E-state index >= 15 is 4.39 Å². The molecule has 0 aliphatic carbocycles. The van der Waals surface area contributed by atoms with Crippen molar-refractivity contribution in [1.82, 2.24) is 29.7 Å². The van der Waals surface area contributed by atoms with Crippen LogP contribution in [-0.4, -0.2) is 92.7 Å². The summed E-state index contributed by atoms with van der Waals surface area (Å²) in [6.07, 6.45) is 4.42. The first-order valence-corrected chi connectivity index (χ1v) is 16.5. The Hall–Kier alpha value is -4.06. The predicted molar refractivity (Wildman–Crippen MR) is 168 cm³/mol. The molecule has 0 unspecified atom stereocenters. The smallest absolute Gasteiger partial charge is 0.321 e. The van der Waals surface area contributed by atoms with Crippen LogP contribution in [0, 0.1) is 23.0 Å². The summed E-state index contributed by atoms with van der Waals surface area (Å²) in [7, 11) is 0. The summed E-state index contributed by atoms with van der Waals surface area (Å²) < 4.78 is 43.9. The predicted octanol–water partition coefficient (Wildman–Crippen LogP) is 5.21. The summed E-state index contributed by atoms with van der Waals surface area (Å²) in [5.41, 5.74) is 6.19. The fourth-order valence-corrected chi connectivity index (χ4v) is 8.22. The minimum Gasteiger partial charge on any atom is -0.470 e. The number of thiazole rings is 1. The quantitative estimate of drug-likeness (QED) is 0.294. The van der Waals surface area contributed by atoms with Crippen molar-refractivity contribution >= 4 is 55.2 Å². The number of likely N-dealkylation sites (tertiary alicyclic amines) is 2. The average molecular weight is 667 g/mol. The molecule has 0 bridgehead atoms. The van der Waals surface area contributed by atoms with E-state index in [1.54, 1.807) is 4.90 Å². The van der Waals surface area contributed by atoms with Crippen LogP contribution in [0.1, 0.15) is 32.1 Å². The van der Waals surface area contributed by atoms with Gasteiger partial charge in [-0.15, -0.1) is 0 Å². The Morgan fingerprint density at radius 1 is 1.15 bits per heavy atom. The van der Waals surface area contributed by atoms with Crippen LogP contribution in [0.3, 0.4) is 0 Å². The maximum absolute atomic E-state index is 16.6. The van der Waals surface area contributed by atoms with Crippen LogP contribution in [0.15, 0.2) is 18.2 Å². The SMILES string of the molecule is N#C[C@@H]1CCN1C(=O)N1CC(Oc2nc(OCC34CCCN3CCC4)nc3c(F)c(-c4ccc(F)c5sc(N)nc45)c(Cl)cc23)C1. The molecule has 4 aliphatic heterocycles. The third kappa shape index (κ3) is 4.66. The number of rotatable bonds is 6. The van der Waals surface area contributed by atoms with Gasteiger partial charge in [0.15, 0.2) is 10.9 Å². The molecule has 8 rings (SSSR count). The van der Waals surface area contributed by atoms with Crippen LogP contribution < -0.4 is 15.2 Å². The van der Waals surface area contributed by atoms with Crippen LogP contribution in [0.25, 0.3) is 32.2 Å². The van der Waals surface area contributed by atoms with Gasteiger partial charge in [-0.25, -0.2) is 18.6 Å². The Morgan fingerprint density at radius 2 is 1.93 bits per heavy atom. The Kier molecular flexibility index (Phi) is 7.04. The van der Waals surface area contributed by atoms with Crippen LogP contribution in [-0.2, 0) is 0 Å². The molecule has 4 aliphatic rings. The van der Waals surface area contributed by atoms with E-state index in [4.69, 9.17) is 26.8 Å². The first kappa shape index (κ1) is 29.3. The molecule has 4 fully saturated rings. The number of ether oxygens (including phenoxy) is 2. The average Bonchev–Trinajstić information content (AvgIpc) is 3.69. The molecular formula is C31H29ClF2N8O3S. The van der Waals surface area contributed by atoms with E-state index in [0.29, 0.717) is 19.6 Å². The van der Waals surface area contributed by atoms with Crippen molar-refractivity contribution in [3.05, 3.63) is 34.9 Å². The minimum atomic E-state index is -0.758. The van der Waals surface area contributed by atoms with Crippen molar-refractivity contribution in [2.75, 3.05) is 45.1 Å². The van der Waals surface area contributed by atoms with Gasteiger partial charge < -0.3 is 25.0 Å². The van der Waals surface area contributed by atoms with Crippen molar-refractivity contribution in [3.63, 3.8) is 0 Å². The zero-order valence-corrected chi connectivity index (χ0v) is 26.2. The molecule has 6 heterocycles. The zero-order valence-electron chi connectivity index (χ0n) is 24.6. The van der Waals surface area contributed by atoms with Crippen molar-refractivity contribution < 1.29 is 23.0 Å². The van der Waals surface area contributed by atoms with E-state index < -0.39 is 23.8 Å². The largest absolute Gasteiger partial charge is 0.470 e. The fourth-order valence-electron chi connectivity index (χ4n) is 7.16. The molecular weight excluding hydrogens is 638 g/mol. The number of aromatic nitrogens is 3. The maximum Gasteiger partial charge on any atom is 0.321 e. The van der Waals surface area contributed by atoms with Crippen LogP contribution >= 0.6 is 22.9 Å². The first-order valence-electron chi connectivity index (χ1n) is 15.3. The number of amides is 2. The number of nitrogens with zero attached hydrogens (tertiary/aromatic N) is 7. The number of anilines is 1. The zero-order chi connectivity index (χ0) is 31.7. The molecule has 46 heavy (non-hydrogen) atoms. The number of benzene rings is 2. The number of hydrogen-bond acceptors (Lipinski definition) is 10. The number of carbonyl (C=O) groups is 1. The van der Waals surface area contributed by atoms with Gasteiger partial charge >= 0.3 is 12.0 Å².